The van der Waals surface area contributed by atoms with Gasteiger partial charge in [0.25, 0.3) is 0 Å². The van der Waals surface area contributed by atoms with E-state index in [2.05, 4.69) is 51.0 Å². The molecule has 0 unspecified atom stereocenters. The smallest absolute Gasteiger partial charge is 0.0565 e. The zero-order valence-electron chi connectivity index (χ0n) is 10.5. The molecule has 1 N–H and O–H groups in total. The van der Waals surface area contributed by atoms with E-state index in [9.17, 15) is 0 Å². The van der Waals surface area contributed by atoms with Gasteiger partial charge in [0.15, 0.2) is 0 Å². The Morgan fingerprint density at radius 2 is 2.18 bits per heavy atom. The number of halogens is 1. The molecule has 2 rings (SSSR count). The Labute approximate surface area is 112 Å². The number of aromatic nitrogens is 1. The molecule has 0 saturated carbocycles. The highest BCUT2D eigenvalue weighted by atomic mass is 79.9. The molecule has 1 aromatic heterocycles. The van der Waals surface area contributed by atoms with E-state index in [-0.39, 0.29) is 5.54 Å². The number of nitrogens with one attached hydrogen (secondary N) is 1. The first-order valence-corrected chi connectivity index (χ1v) is 7.09. The van der Waals surface area contributed by atoms with Crippen molar-refractivity contribution in [2.24, 2.45) is 0 Å². The number of piperazine rings is 1. The number of nitrogens with zero attached hydrogens (tertiary/aromatic N) is 2. The first-order chi connectivity index (χ1) is 8.19. The highest BCUT2D eigenvalue weighted by Crippen LogP contribution is 2.25. The van der Waals surface area contributed by atoms with E-state index in [1.54, 1.807) is 0 Å². The fraction of sp³-hybridized carbons (Fsp3) is 0.615. The molecule has 1 saturated heterocycles. The second kappa shape index (κ2) is 5.36. The van der Waals surface area contributed by atoms with Gasteiger partial charge in [0.05, 0.1) is 11.9 Å². The molecule has 0 spiro atoms. The van der Waals surface area contributed by atoms with Crippen LogP contribution in [0.1, 0.15) is 26.7 Å². The molecule has 17 heavy (non-hydrogen) atoms. The molecule has 1 fully saturated rings. The van der Waals surface area contributed by atoms with Crippen molar-refractivity contribution in [1.29, 1.82) is 0 Å². The van der Waals surface area contributed by atoms with Gasteiger partial charge in [-0.1, -0.05) is 13.8 Å². The Morgan fingerprint density at radius 3 is 2.82 bits per heavy atom. The second-order valence-corrected chi connectivity index (χ2v) is 5.61. The average molecular weight is 298 g/mol. The summed E-state index contributed by atoms with van der Waals surface area (Å²) in [5.41, 5.74) is 1.48. The van der Waals surface area contributed by atoms with Crippen LogP contribution in [0.5, 0.6) is 0 Å². The van der Waals surface area contributed by atoms with Crippen molar-refractivity contribution < 1.29 is 0 Å². The topological polar surface area (TPSA) is 28.2 Å². The van der Waals surface area contributed by atoms with Gasteiger partial charge in [-0.2, -0.15) is 0 Å². The zero-order valence-corrected chi connectivity index (χ0v) is 12.1. The van der Waals surface area contributed by atoms with Gasteiger partial charge < -0.3 is 10.2 Å². The van der Waals surface area contributed by atoms with Crippen molar-refractivity contribution >= 4 is 21.6 Å². The molecule has 1 aromatic rings. The molecule has 0 aromatic carbocycles. The van der Waals surface area contributed by atoms with Crippen molar-refractivity contribution in [2.45, 2.75) is 32.2 Å². The van der Waals surface area contributed by atoms with E-state index >= 15 is 0 Å². The minimum atomic E-state index is 0.264. The largest absolute Gasteiger partial charge is 0.367 e. The molecule has 0 aliphatic carbocycles. The van der Waals surface area contributed by atoms with Crippen LogP contribution in [0.25, 0.3) is 0 Å². The molecule has 2 heterocycles. The minimum absolute atomic E-state index is 0.264. The van der Waals surface area contributed by atoms with E-state index in [1.807, 2.05) is 12.4 Å². The van der Waals surface area contributed by atoms with Crippen LogP contribution < -0.4 is 10.2 Å². The SMILES string of the molecule is CCC1(CC)CN(c2cncc(Br)c2)CCN1. The fourth-order valence-electron chi connectivity index (χ4n) is 2.47. The molecule has 0 atom stereocenters. The first-order valence-electron chi connectivity index (χ1n) is 6.29. The van der Waals surface area contributed by atoms with E-state index < -0.39 is 0 Å². The van der Waals surface area contributed by atoms with Crippen LogP contribution in [0.4, 0.5) is 5.69 Å². The van der Waals surface area contributed by atoms with Crippen LogP contribution in [-0.2, 0) is 0 Å². The monoisotopic (exact) mass is 297 g/mol. The molecule has 1 aliphatic heterocycles. The number of rotatable bonds is 3. The van der Waals surface area contributed by atoms with Crippen molar-refractivity contribution in [3.8, 4) is 0 Å². The van der Waals surface area contributed by atoms with Gasteiger partial charge in [-0.3, -0.25) is 4.98 Å². The van der Waals surface area contributed by atoms with Gasteiger partial charge in [-0.25, -0.2) is 0 Å². The van der Waals surface area contributed by atoms with Gasteiger partial charge in [0, 0.05) is 35.8 Å². The maximum atomic E-state index is 4.25. The van der Waals surface area contributed by atoms with Gasteiger partial charge in [0.2, 0.25) is 0 Å². The van der Waals surface area contributed by atoms with Gasteiger partial charge in [0.1, 0.15) is 0 Å². The van der Waals surface area contributed by atoms with Gasteiger partial charge >= 0.3 is 0 Å². The Hall–Kier alpha value is -0.610. The van der Waals surface area contributed by atoms with Crippen LogP contribution in [0, 0.1) is 0 Å². The summed E-state index contributed by atoms with van der Waals surface area (Å²) < 4.78 is 1.05. The number of anilines is 1. The molecule has 94 valence electrons. The van der Waals surface area contributed by atoms with E-state index in [0.29, 0.717) is 0 Å². The lowest BCUT2D eigenvalue weighted by molar-refractivity contribution is 0.277. The third-order valence-corrected chi connectivity index (χ3v) is 4.22. The number of hydrogen-bond acceptors (Lipinski definition) is 3. The summed E-state index contributed by atoms with van der Waals surface area (Å²) in [5.74, 6) is 0. The lowest BCUT2D eigenvalue weighted by Gasteiger charge is -2.44. The molecular formula is C13H20BrN3. The summed E-state index contributed by atoms with van der Waals surface area (Å²) in [4.78, 5) is 6.68. The minimum Gasteiger partial charge on any atom is -0.367 e. The summed E-state index contributed by atoms with van der Waals surface area (Å²) in [6.45, 7) is 7.70. The molecule has 3 nitrogen and oxygen atoms in total. The first kappa shape index (κ1) is 12.8. The Balaban J connectivity index is 2.17. The van der Waals surface area contributed by atoms with Crippen molar-refractivity contribution in [3.63, 3.8) is 0 Å². The van der Waals surface area contributed by atoms with Crippen molar-refractivity contribution in [3.05, 3.63) is 22.9 Å². The third kappa shape index (κ3) is 2.80. The van der Waals surface area contributed by atoms with Gasteiger partial charge in [-0.15, -0.1) is 0 Å². The number of hydrogen-bond donors (Lipinski definition) is 1. The van der Waals surface area contributed by atoms with Crippen LogP contribution in [0.3, 0.4) is 0 Å². The molecule has 0 amide bonds. The maximum Gasteiger partial charge on any atom is 0.0565 e. The molecule has 4 heteroatoms. The lowest BCUT2D eigenvalue weighted by atomic mass is 9.90. The quantitative estimate of drug-likeness (QED) is 0.930. The lowest BCUT2D eigenvalue weighted by Crippen LogP contribution is -2.60. The predicted molar refractivity (Wildman–Crippen MR) is 75.5 cm³/mol. The second-order valence-electron chi connectivity index (χ2n) is 4.70. The Kier molecular flexibility index (Phi) is 4.05. The highest BCUT2D eigenvalue weighted by Gasteiger charge is 2.31. The fourth-order valence-corrected chi connectivity index (χ4v) is 2.83. The number of pyridine rings is 1. The maximum absolute atomic E-state index is 4.25. The van der Waals surface area contributed by atoms with Crippen molar-refractivity contribution in [1.82, 2.24) is 10.3 Å². The highest BCUT2D eigenvalue weighted by molar-refractivity contribution is 9.10. The third-order valence-electron chi connectivity index (χ3n) is 3.78. The molecular weight excluding hydrogens is 278 g/mol. The van der Waals surface area contributed by atoms with Crippen LogP contribution in [-0.4, -0.2) is 30.2 Å². The Morgan fingerprint density at radius 1 is 1.41 bits per heavy atom. The molecule has 0 radical (unpaired) electrons. The van der Waals surface area contributed by atoms with Crippen LogP contribution >= 0.6 is 15.9 Å². The standard InChI is InChI=1S/C13H20BrN3/c1-3-13(4-2)10-17(6-5-16-13)12-7-11(14)8-15-9-12/h7-9,16H,3-6,10H2,1-2H3. The molecule has 1 aliphatic rings. The zero-order chi connectivity index (χ0) is 12.3. The summed E-state index contributed by atoms with van der Waals surface area (Å²) in [7, 11) is 0. The average Bonchev–Trinajstić information content (AvgIpc) is 2.39. The van der Waals surface area contributed by atoms with Crippen molar-refractivity contribution in [2.75, 3.05) is 24.5 Å². The van der Waals surface area contributed by atoms with E-state index in [1.165, 1.54) is 18.5 Å². The van der Waals surface area contributed by atoms with Crippen LogP contribution in [0.15, 0.2) is 22.9 Å². The molecule has 0 bridgehead atoms. The normalized spacial score (nSPS) is 19.4. The summed E-state index contributed by atoms with van der Waals surface area (Å²) in [6, 6.07) is 2.15. The van der Waals surface area contributed by atoms with Gasteiger partial charge in [-0.05, 0) is 34.8 Å². The summed E-state index contributed by atoms with van der Waals surface area (Å²) in [5, 5.41) is 3.67. The summed E-state index contributed by atoms with van der Waals surface area (Å²) >= 11 is 3.49. The van der Waals surface area contributed by atoms with Crippen LogP contribution in [0.2, 0.25) is 0 Å². The Bertz CT molecular complexity index is 377. The van der Waals surface area contributed by atoms with E-state index in [0.717, 1.165) is 24.1 Å². The summed E-state index contributed by atoms with van der Waals surface area (Å²) in [6.07, 6.45) is 6.12. The predicted octanol–water partition coefficient (Wildman–Crippen LogP) is 2.81. The van der Waals surface area contributed by atoms with E-state index in [4.69, 9.17) is 0 Å².